The van der Waals surface area contributed by atoms with Crippen LogP contribution in [0.3, 0.4) is 0 Å². The van der Waals surface area contributed by atoms with Gasteiger partial charge in [0.2, 0.25) is 0 Å². The number of hydrogen-bond acceptors (Lipinski definition) is 4. The lowest BCUT2D eigenvalue weighted by atomic mass is 10.4. The van der Waals surface area contributed by atoms with Crippen LogP contribution in [0.15, 0.2) is 0 Å². The van der Waals surface area contributed by atoms with Gasteiger partial charge in [0.1, 0.15) is 11.6 Å². The summed E-state index contributed by atoms with van der Waals surface area (Å²) in [5, 5.41) is 3.92. The van der Waals surface area contributed by atoms with Gasteiger partial charge in [0.25, 0.3) is 0 Å². The van der Waals surface area contributed by atoms with Crippen molar-refractivity contribution in [1.29, 1.82) is 0 Å². The van der Waals surface area contributed by atoms with E-state index >= 15 is 0 Å². The largest absolute Gasteiger partial charge is 0.411 e. The van der Waals surface area contributed by atoms with Gasteiger partial charge in [-0.15, -0.1) is 11.3 Å². The Balaban J connectivity index is 2.09. The zero-order chi connectivity index (χ0) is 12.9. The molecule has 3 nitrogen and oxygen atoms in total. The third-order valence-electron chi connectivity index (χ3n) is 2.04. The van der Waals surface area contributed by atoms with Crippen molar-refractivity contribution in [2.24, 2.45) is 0 Å². The average molecular weight is 268 g/mol. The third kappa shape index (κ3) is 5.99. The minimum absolute atomic E-state index is 0.0445. The third-order valence-corrected chi connectivity index (χ3v) is 3.11. The summed E-state index contributed by atoms with van der Waals surface area (Å²) in [4.78, 5) is 5.46. The number of aromatic nitrogens is 1. The van der Waals surface area contributed by atoms with E-state index in [1.54, 1.807) is 11.3 Å². The number of alkyl halides is 3. The smallest absolute Gasteiger partial charge is 0.371 e. The van der Waals surface area contributed by atoms with Gasteiger partial charge in [-0.2, -0.15) is 13.2 Å². The molecule has 1 heterocycles. The van der Waals surface area contributed by atoms with Gasteiger partial charge in [-0.3, -0.25) is 0 Å². The Bertz CT molecular complexity index is 332. The molecule has 0 radical (unpaired) electrons. The normalized spacial score (nSPS) is 12.1. The summed E-state index contributed by atoms with van der Waals surface area (Å²) in [5.41, 5.74) is 1.00. The number of nitrogens with one attached hydrogen (secondary N) is 1. The predicted molar refractivity (Wildman–Crippen MR) is 60.2 cm³/mol. The molecule has 1 aromatic rings. The van der Waals surface area contributed by atoms with Crippen LogP contribution in [0, 0.1) is 13.8 Å². The summed E-state index contributed by atoms with van der Waals surface area (Å²) in [7, 11) is 0. The highest BCUT2D eigenvalue weighted by Gasteiger charge is 2.27. The molecule has 0 fully saturated rings. The lowest BCUT2D eigenvalue weighted by Gasteiger charge is -2.07. The van der Waals surface area contributed by atoms with E-state index in [1.165, 1.54) is 0 Å². The first kappa shape index (κ1) is 14.4. The number of ether oxygens (including phenoxy) is 1. The van der Waals surface area contributed by atoms with Crippen molar-refractivity contribution in [3.63, 3.8) is 0 Å². The molecule has 0 atom stereocenters. The Morgan fingerprint density at radius 3 is 2.59 bits per heavy atom. The number of nitrogens with zero attached hydrogens (tertiary/aromatic N) is 1. The molecule has 17 heavy (non-hydrogen) atoms. The summed E-state index contributed by atoms with van der Waals surface area (Å²) < 4.78 is 39.6. The molecule has 1 N–H and O–H groups in total. The summed E-state index contributed by atoms with van der Waals surface area (Å²) in [5.74, 6) is 0. The molecule has 0 saturated heterocycles. The van der Waals surface area contributed by atoms with Crippen molar-refractivity contribution >= 4 is 11.3 Å². The van der Waals surface area contributed by atoms with Crippen LogP contribution in [0.1, 0.15) is 15.6 Å². The number of halogens is 3. The Morgan fingerprint density at radius 2 is 2.06 bits per heavy atom. The molecule has 0 bridgehead atoms. The van der Waals surface area contributed by atoms with Crippen molar-refractivity contribution < 1.29 is 17.9 Å². The molecular weight excluding hydrogens is 253 g/mol. The van der Waals surface area contributed by atoms with E-state index in [-0.39, 0.29) is 6.61 Å². The quantitative estimate of drug-likeness (QED) is 0.805. The monoisotopic (exact) mass is 268 g/mol. The highest BCUT2D eigenvalue weighted by molar-refractivity contribution is 7.11. The molecule has 0 aromatic carbocycles. The van der Waals surface area contributed by atoms with Gasteiger partial charge in [-0.25, -0.2) is 4.98 Å². The number of rotatable bonds is 6. The molecule has 1 aromatic heterocycles. The molecule has 0 saturated carbocycles. The molecule has 1 rings (SSSR count). The summed E-state index contributed by atoms with van der Waals surface area (Å²) in [6.45, 7) is 3.72. The molecule has 0 aliphatic carbocycles. The maximum absolute atomic E-state index is 11.7. The van der Waals surface area contributed by atoms with Crippen LogP contribution in [0.4, 0.5) is 13.2 Å². The fraction of sp³-hybridized carbons (Fsp3) is 0.700. The highest BCUT2D eigenvalue weighted by atomic mass is 32.1. The average Bonchev–Trinajstić information content (AvgIpc) is 2.50. The van der Waals surface area contributed by atoms with Crippen LogP contribution in [0.2, 0.25) is 0 Å². The molecular formula is C10H15F3N2OS. The summed E-state index contributed by atoms with van der Waals surface area (Å²) >= 11 is 1.59. The van der Waals surface area contributed by atoms with Crippen LogP contribution in [0.25, 0.3) is 0 Å². The van der Waals surface area contributed by atoms with Gasteiger partial charge in [-0.1, -0.05) is 0 Å². The zero-order valence-electron chi connectivity index (χ0n) is 9.73. The summed E-state index contributed by atoms with van der Waals surface area (Å²) in [6, 6.07) is 0. The van der Waals surface area contributed by atoms with E-state index in [4.69, 9.17) is 0 Å². The Kier molecular flexibility index (Phi) is 5.35. The number of hydrogen-bond donors (Lipinski definition) is 1. The second-order valence-electron chi connectivity index (χ2n) is 3.59. The Morgan fingerprint density at radius 1 is 1.35 bits per heavy atom. The van der Waals surface area contributed by atoms with Crippen molar-refractivity contribution in [1.82, 2.24) is 10.3 Å². The number of thiazole rings is 1. The fourth-order valence-corrected chi connectivity index (χ4v) is 2.05. The van der Waals surface area contributed by atoms with Gasteiger partial charge in [0, 0.05) is 18.0 Å². The van der Waals surface area contributed by atoms with Crippen LogP contribution in [-0.4, -0.2) is 30.9 Å². The standard InChI is InChI=1S/C10H15F3N2OS/c1-7-8(2)17-9(15-7)5-14-3-4-16-6-10(11,12)13/h14H,3-6H2,1-2H3. The Hall–Kier alpha value is -0.660. The van der Waals surface area contributed by atoms with E-state index in [0.717, 1.165) is 15.6 Å². The second-order valence-corrected chi connectivity index (χ2v) is 4.88. The van der Waals surface area contributed by atoms with Gasteiger partial charge in [0.15, 0.2) is 0 Å². The predicted octanol–water partition coefficient (Wildman–Crippen LogP) is 2.43. The molecule has 98 valence electrons. The minimum atomic E-state index is -4.25. The van der Waals surface area contributed by atoms with Gasteiger partial charge < -0.3 is 10.1 Å². The van der Waals surface area contributed by atoms with Crippen molar-refractivity contribution in [2.75, 3.05) is 19.8 Å². The Labute approximate surface area is 102 Å². The van der Waals surface area contributed by atoms with Crippen molar-refractivity contribution in [3.8, 4) is 0 Å². The lowest BCUT2D eigenvalue weighted by molar-refractivity contribution is -0.173. The van der Waals surface area contributed by atoms with Gasteiger partial charge in [-0.05, 0) is 13.8 Å². The van der Waals surface area contributed by atoms with Gasteiger partial charge in [0.05, 0.1) is 12.3 Å². The van der Waals surface area contributed by atoms with Crippen molar-refractivity contribution in [3.05, 3.63) is 15.6 Å². The van der Waals surface area contributed by atoms with E-state index < -0.39 is 12.8 Å². The first-order valence-electron chi connectivity index (χ1n) is 5.16. The number of aryl methyl sites for hydroxylation is 2. The first-order chi connectivity index (χ1) is 7.88. The van der Waals surface area contributed by atoms with E-state index in [1.807, 2.05) is 13.8 Å². The molecule has 0 unspecified atom stereocenters. The van der Waals surface area contributed by atoms with E-state index in [0.29, 0.717) is 13.1 Å². The summed E-state index contributed by atoms with van der Waals surface area (Å²) in [6.07, 6.45) is -4.25. The zero-order valence-corrected chi connectivity index (χ0v) is 10.5. The molecule has 0 amide bonds. The molecule has 0 aliphatic rings. The maximum atomic E-state index is 11.7. The van der Waals surface area contributed by atoms with E-state index in [9.17, 15) is 13.2 Å². The second kappa shape index (κ2) is 6.32. The highest BCUT2D eigenvalue weighted by Crippen LogP contribution is 2.16. The molecule has 0 aliphatic heterocycles. The maximum Gasteiger partial charge on any atom is 0.411 e. The van der Waals surface area contributed by atoms with Crippen molar-refractivity contribution in [2.45, 2.75) is 26.6 Å². The minimum Gasteiger partial charge on any atom is -0.371 e. The van der Waals surface area contributed by atoms with Crippen LogP contribution in [-0.2, 0) is 11.3 Å². The van der Waals surface area contributed by atoms with Crippen LogP contribution < -0.4 is 5.32 Å². The topological polar surface area (TPSA) is 34.2 Å². The van der Waals surface area contributed by atoms with E-state index in [2.05, 4.69) is 15.0 Å². The van der Waals surface area contributed by atoms with Gasteiger partial charge >= 0.3 is 6.18 Å². The van der Waals surface area contributed by atoms with Crippen LogP contribution in [0.5, 0.6) is 0 Å². The molecule has 7 heteroatoms. The lowest BCUT2D eigenvalue weighted by Crippen LogP contribution is -2.23. The molecule has 0 spiro atoms. The first-order valence-corrected chi connectivity index (χ1v) is 5.98. The fourth-order valence-electron chi connectivity index (χ4n) is 1.14. The van der Waals surface area contributed by atoms with Crippen LogP contribution >= 0.6 is 11.3 Å². The SMILES string of the molecule is Cc1nc(CNCCOCC(F)(F)F)sc1C.